The second-order valence-electron chi connectivity index (χ2n) is 5.93. The van der Waals surface area contributed by atoms with E-state index in [-0.39, 0.29) is 17.8 Å². The summed E-state index contributed by atoms with van der Waals surface area (Å²) in [5.41, 5.74) is 1.19. The van der Waals surface area contributed by atoms with E-state index in [4.69, 9.17) is 9.47 Å². The number of amides is 1. The lowest BCUT2D eigenvalue weighted by Gasteiger charge is -2.14. The van der Waals surface area contributed by atoms with Gasteiger partial charge >= 0.3 is 0 Å². The molecule has 0 spiro atoms. The molecule has 2 rings (SSSR count). The standard InChI is InChI=1S/C20H24FNO3S/c1-14(2)25-18-9-8-15(12-19(18)24-3)20(23)22-10-11-26-13-16-6-4-5-7-17(16)21/h4-9,12,14H,10-11,13H2,1-3H3,(H,22,23). The van der Waals surface area contributed by atoms with Crippen molar-refractivity contribution >= 4 is 17.7 Å². The van der Waals surface area contributed by atoms with Gasteiger partial charge in [0.15, 0.2) is 11.5 Å². The van der Waals surface area contributed by atoms with Crippen LogP contribution in [-0.2, 0) is 5.75 Å². The van der Waals surface area contributed by atoms with Crippen molar-refractivity contribution in [3.8, 4) is 11.5 Å². The Bertz CT molecular complexity index is 737. The molecule has 4 nitrogen and oxygen atoms in total. The maximum absolute atomic E-state index is 13.5. The van der Waals surface area contributed by atoms with Crippen molar-refractivity contribution in [2.75, 3.05) is 19.4 Å². The number of nitrogens with one attached hydrogen (secondary N) is 1. The number of carbonyl (C=O) groups is 1. The van der Waals surface area contributed by atoms with Gasteiger partial charge in [-0.3, -0.25) is 4.79 Å². The average molecular weight is 377 g/mol. The van der Waals surface area contributed by atoms with Crippen LogP contribution in [0.15, 0.2) is 42.5 Å². The second kappa shape index (κ2) is 10.1. The first-order valence-corrected chi connectivity index (χ1v) is 9.60. The van der Waals surface area contributed by atoms with Crippen molar-refractivity contribution in [1.29, 1.82) is 0 Å². The molecule has 0 aliphatic carbocycles. The molecule has 0 atom stereocenters. The smallest absolute Gasteiger partial charge is 0.251 e. The summed E-state index contributed by atoms with van der Waals surface area (Å²) in [7, 11) is 1.55. The zero-order valence-electron chi connectivity index (χ0n) is 15.3. The summed E-state index contributed by atoms with van der Waals surface area (Å²) in [5.74, 6) is 2.05. The molecule has 1 amide bonds. The summed E-state index contributed by atoms with van der Waals surface area (Å²) < 4.78 is 24.5. The molecule has 0 bridgehead atoms. The molecule has 0 aliphatic rings. The predicted octanol–water partition coefficient (Wildman–Crippen LogP) is 4.28. The number of rotatable bonds is 9. The SMILES string of the molecule is COc1cc(C(=O)NCCSCc2ccccc2F)ccc1OC(C)C. The highest BCUT2D eigenvalue weighted by Gasteiger charge is 2.12. The third-order valence-electron chi connectivity index (χ3n) is 3.54. The van der Waals surface area contributed by atoms with Crippen LogP contribution >= 0.6 is 11.8 Å². The van der Waals surface area contributed by atoms with Crippen LogP contribution < -0.4 is 14.8 Å². The summed E-state index contributed by atoms with van der Waals surface area (Å²) in [4.78, 5) is 12.3. The van der Waals surface area contributed by atoms with E-state index >= 15 is 0 Å². The van der Waals surface area contributed by atoms with E-state index in [1.54, 1.807) is 49.2 Å². The van der Waals surface area contributed by atoms with E-state index in [2.05, 4.69) is 5.32 Å². The van der Waals surface area contributed by atoms with Crippen molar-refractivity contribution in [1.82, 2.24) is 5.32 Å². The fourth-order valence-corrected chi connectivity index (χ4v) is 3.14. The van der Waals surface area contributed by atoms with Gasteiger partial charge in [-0.1, -0.05) is 18.2 Å². The molecule has 0 unspecified atom stereocenters. The summed E-state index contributed by atoms with van der Waals surface area (Å²) in [6, 6.07) is 11.8. The molecule has 26 heavy (non-hydrogen) atoms. The van der Waals surface area contributed by atoms with Gasteiger partial charge < -0.3 is 14.8 Å². The zero-order chi connectivity index (χ0) is 18.9. The Morgan fingerprint density at radius 3 is 2.65 bits per heavy atom. The fraction of sp³-hybridized carbons (Fsp3) is 0.350. The third-order valence-corrected chi connectivity index (χ3v) is 4.54. The molecule has 0 radical (unpaired) electrons. The molecule has 0 saturated heterocycles. The largest absolute Gasteiger partial charge is 0.493 e. The maximum atomic E-state index is 13.5. The van der Waals surface area contributed by atoms with Crippen molar-refractivity contribution in [2.24, 2.45) is 0 Å². The Kier molecular flexibility index (Phi) is 7.78. The fourth-order valence-electron chi connectivity index (χ4n) is 2.30. The number of benzene rings is 2. The molecule has 1 N–H and O–H groups in total. The molecule has 0 aliphatic heterocycles. The lowest BCUT2D eigenvalue weighted by atomic mass is 10.2. The minimum atomic E-state index is -0.195. The molecule has 6 heteroatoms. The van der Waals surface area contributed by atoms with Crippen LogP contribution in [0.2, 0.25) is 0 Å². The molecule has 140 valence electrons. The quantitative estimate of drug-likeness (QED) is 0.663. The summed E-state index contributed by atoms with van der Waals surface area (Å²) in [5, 5.41) is 2.86. The lowest BCUT2D eigenvalue weighted by Crippen LogP contribution is -2.25. The number of ether oxygens (including phenoxy) is 2. The third kappa shape index (κ3) is 5.95. The summed E-state index contributed by atoms with van der Waals surface area (Å²) in [6.07, 6.45) is 0.0232. The maximum Gasteiger partial charge on any atom is 0.251 e. The van der Waals surface area contributed by atoms with E-state index in [9.17, 15) is 9.18 Å². The molecule has 0 saturated carbocycles. The van der Waals surface area contributed by atoms with Gasteiger partial charge in [-0.25, -0.2) is 4.39 Å². The zero-order valence-corrected chi connectivity index (χ0v) is 16.1. The van der Waals surface area contributed by atoms with Crippen molar-refractivity contribution in [3.05, 3.63) is 59.4 Å². The molecule has 0 heterocycles. The van der Waals surface area contributed by atoms with Gasteiger partial charge in [0.1, 0.15) is 5.82 Å². The summed E-state index contributed by atoms with van der Waals surface area (Å²) in [6.45, 7) is 4.36. The van der Waals surface area contributed by atoms with Crippen LogP contribution in [0.25, 0.3) is 0 Å². The van der Waals surface area contributed by atoms with Gasteiger partial charge in [0.25, 0.3) is 5.91 Å². The number of carbonyl (C=O) groups excluding carboxylic acids is 1. The number of halogens is 1. The Balaban J connectivity index is 1.81. The van der Waals surface area contributed by atoms with Crippen LogP contribution in [0.3, 0.4) is 0 Å². The first-order chi connectivity index (χ1) is 12.5. The molecule has 2 aromatic carbocycles. The van der Waals surface area contributed by atoms with Gasteiger partial charge in [0.2, 0.25) is 0 Å². The van der Waals surface area contributed by atoms with E-state index in [1.165, 1.54) is 6.07 Å². The molecule has 2 aromatic rings. The summed E-state index contributed by atoms with van der Waals surface area (Å²) >= 11 is 1.58. The van der Waals surface area contributed by atoms with Crippen LogP contribution in [0.5, 0.6) is 11.5 Å². The Labute approximate surface area is 158 Å². The molecular weight excluding hydrogens is 353 g/mol. The van der Waals surface area contributed by atoms with Crippen molar-refractivity contribution in [3.63, 3.8) is 0 Å². The van der Waals surface area contributed by atoms with Gasteiger partial charge in [0.05, 0.1) is 13.2 Å². The Morgan fingerprint density at radius 2 is 1.96 bits per heavy atom. The van der Waals surface area contributed by atoms with E-state index in [0.717, 1.165) is 0 Å². The monoisotopic (exact) mass is 377 g/mol. The minimum Gasteiger partial charge on any atom is -0.493 e. The van der Waals surface area contributed by atoms with E-state index < -0.39 is 0 Å². The first kappa shape index (κ1) is 20.1. The number of thioether (sulfide) groups is 1. The second-order valence-corrected chi connectivity index (χ2v) is 7.04. The minimum absolute atomic E-state index is 0.0232. The van der Waals surface area contributed by atoms with Crippen LogP contribution in [0, 0.1) is 5.82 Å². The van der Waals surface area contributed by atoms with E-state index in [1.807, 2.05) is 19.9 Å². The molecule has 0 aromatic heterocycles. The topological polar surface area (TPSA) is 47.6 Å². The van der Waals surface area contributed by atoms with Gasteiger partial charge in [-0.2, -0.15) is 11.8 Å². The normalized spacial score (nSPS) is 10.7. The van der Waals surface area contributed by atoms with E-state index in [0.29, 0.717) is 40.7 Å². The van der Waals surface area contributed by atoms with Crippen LogP contribution in [0.4, 0.5) is 4.39 Å². The van der Waals surface area contributed by atoms with Crippen molar-refractivity contribution in [2.45, 2.75) is 25.7 Å². The number of hydrogen-bond donors (Lipinski definition) is 1. The average Bonchev–Trinajstić information content (AvgIpc) is 2.62. The number of methoxy groups -OCH3 is 1. The lowest BCUT2D eigenvalue weighted by molar-refractivity contribution is 0.0955. The Morgan fingerprint density at radius 1 is 1.19 bits per heavy atom. The highest BCUT2D eigenvalue weighted by molar-refractivity contribution is 7.98. The van der Waals surface area contributed by atoms with Crippen LogP contribution in [0.1, 0.15) is 29.8 Å². The highest BCUT2D eigenvalue weighted by Crippen LogP contribution is 2.29. The van der Waals surface area contributed by atoms with Crippen molar-refractivity contribution < 1.29 is 18.7 Å². The van der Waals surface area contributed by atoms with Gasteiger partial charge in [-0.05, 0) is 43.7 Å². The molecular formula is C20H24FNO3S. The highest BCUT2D eigenvalue weighted by atomic mass is 32.2. The van der Waals surface area contributed by atoms with Crippen LogP contribution in [-0.4, -0.2) is 31.4 Å². The van der Waals surface area contributed by atoms with Gasteiger partial charge in [-0.15, -0.1) is 0 Å². The molecule has 0 fully saturated rings. The predicted molar refractivity (Wildman–Crippen MR) is 104 cm³/mol. The van der Waals surface area contributed by atoms with Gasteiger partial charge in [0, 0.05) is 23.6 Å². The Hall–Kier alpha value is -2.21. The number of hydrogen-bond acceptors (Lipinski definition) is 4. The first-order valence-electron chi connectivity index (χ1n) is 8.45.